The van der Waals surface area contributed by atoms with E-state index in [1.54, 1.807) is 0 Å². The molecule has 0 spiro atoms. The van der Waals surface area contributed by atoms with E-state index < -0.39 is 0 Å². The molecule has 1 aromatic carbocycles. The first-order chi connectivity index (χ1) is 10.6. The van der Waals surface area contributed by atoms with Gasteiger partial charge < -0.3 is 9.80 Å². The van der Waals surface area contributed by atoms with Gasteiger partial charge in [-0.15, -0.1) is 0 Å². The van der Waals surface area contributed by atoms with Crippen LogP contribution in [0.5, 0.6) is 0 Å². The molecule has 1 saturated heterocycles. The van der Waals surface area contributed by atoms with Crippen LogP contribution >= 0.6 is 0 Å². The molecular weight excluding hydrogens is 276 g/mol. The van der Waals surface area contributed by atoms with Gasteiger partial charge in [-0.2, -0.15) is 0 Å². The Labute approximate surface area is 132 Å². The third-order valence-corrected chi connectivity index (χ3v) is 4.72. The van der Waals surface area contributed by atoms with Crippen molar-refractivity contribution in [3.63, 3.8) is 0 Å². The zero-order valence-corrected chi connectivity index (χ0v) is 13.5. The molecule has 0 unspecified atom stereocenters. The van der Waals surface area contributed by atoms with Gasteiger partial charge in [0.1, 0.15) is 0 Å². The highest BCUT2D eigenvalue weighted by Gasteiger charge is 2.26. The molecule has 22 heavy (non-hydrogen) atoms. The summed E-state index contributed by atoms with van der Waals surface area (Å²) in [6, 6.07) is 6.13. The second-order valence-corrected chi connectivity index (χ2v) is 6.61. The number of nitrogens with zero attached hydrogens (tertiary/aromatic N) is 2. The Morgan fingerprint density at radius 2 is 1.59 bits per heavy atom. The van der Waals surface area contributed by atoms with Crippen LogP contribution in [0.15, 0.2) is 18.2 Å². The molecule has 1 aromatic rings. The quantitative estimate of drug-likeness (QED) is 0.839. The highest BCUT2D eigenvalue weighted by atomic mass is 16.2. The first kappa shape index (κ1) is 15.1. The molecule has 1 fully saturated rings. The third kappa shape index (κ3) is 2.87. The largest absolute Gasteiger partial charge is 0.339 e. The van der Waals surface area contributed by atoms with Crippen molar-refractivity contribution in [3.8, 4) is 0 Å². The highest BCUT2D eigenvalue weighted by Crippen LogP contribution is 2.23. The van der Waals surface area contributed by atoms with Crippen molar-refractivity contribution in [1.82, 2.24) is 9.80 Å². The molecule has 0 radical (unpaired) electrons. The lowest BCUT2D eigenvalue weighted by atomic mass is 10.1. The second kappa shape index (κ2) is 6.11. The van der Waals surface area contributed by atoms with E-state index in [1.807, 2.05) is 29.7 Å². The summed E-state index contributed by atoms with van der Waals surface area (Å²) < 4.78 is 0. The molecule has 1 heterocycles. The Kier molecular flexibility index (Phi) is 4.19. The van der Waals surface area contributed by atoms with Gasteiger partial charge >= 0.3 is 0 Å². The zero-order valence-electron chi connectivity index (χ0n) is 13.5. The summed E-state index contributed by atoms with van der Waals surface area (Å²) in [6.07, 6.45) is 3.43. The van der Waals surface area contributed by atoms with Crippen LogP contribution in [0.3, 0.4) is 0 Å². The maximum absolute atomic E-state index is 12.6. The molecule has 1 aliphatic heterocycles. The summed E-state index contributed by atoms with van der Waals surface area (Å²) in [5, 5.41) is 0. The summed E-state index contributed by atoms with van der Waals surface area (Å²) in [5.74, 6) is 0.315. The van der Waals surface area contributed by atoms with Gasteiger partial charge in [0.2, 0.25) is 5.91 Å². The molecule has 0 saturated carbocycles. The van der Waals surface area contributed by atoms with Crippen molar-refractivity contribution in [2.75, 3.05) is 26.2 Å². The minimum absolute atomic E-state index is 0.0268. The van der Waals surface area contributed by atoms with Crippen LogP contribution in [0.1, 0.15) is 41.8 Å². The van der Waals surface area contributed by atoms with E-state index in [0.29, 0.717) is 26.2 Å². The van der Waals surface area contributed by atoms with Crippen LogP contribution in [0.4, 0.5) is 0 Å². The normalized spacial score (nSPS) is 17.8. The van der Waals surface area contributed by atoms with Crippen LogP contribution < -0.4 is 0 Å². The lowest BCUT2D eigenvalue weighted by Gasteiger charge is -2.35. The fourth-order valence-corrected chi connectivity index (χ4v) is 3.38. The molecule has 0 N–H and O–H groups in total. The Morgan fingerprint density at radius 1 is 0.955 bits per heavy atom. The Balaban J connectivity index is 1.64. The van der Waals surface area contributed by atoms with Crippen LogP contribution in [0.25, 0.3) is 0 Å². The molecule has 2 amide bonds. The topological polar surface area (TPSA) is 40.6 Å². The van der Waals surface area contributed by atoms with Gasteiger partial charge in [-0.25, -0.2) is 0 Å². The Bertz CT molecular complexity index is 587. The minimum Gasteiger partial charge on any atom is -0.339 e. The first-order valence-electron chi connectivity index (χ1n) is 8.26. The predicted octanol–water partition coefficient (Wildman–Crippen LogP) is 2.12. The SMILES string of the molecule is CC(C)C(=O)N1CCN(C(=O)c2ccc3c(c2)CCC3)CC1. The van der Waals surface area contributed by atoms with Crippen molar-refractivity contribution < 1.29 is 9.59 Å². The van der Waals surface area contributed by atoms with Crippen LogP contribution in [0, 0.1) is 5.92 Å². The van der Waals surface area contributed by atoms with Crippen molar-refractivity contribution >= 4 is 11.8 Å². The molecule has 118 valence electrons. The number of hydrogen-bond acceptors (Lipinski definition) is 2. The fourth-order valence-electron chi connectivity index (χ4n) is 3.38. The number of carbonyl (C=O) groups is 2. The van der Waals surface area contributed by atoms with Crippen molar-refractivity contribution in [2.45, 2.75) is 33.1 Å². The van der Waals surface area contributed by atoms with Crippen LogP contribution in [-0.4, -0.2) is 47.8 Å². The van der Waals surface area contributed by atoms with Crippen LogP contribution in [-0.2, 0) is 17.6 Å². The monoisotopic (exact) mass is 300 g/mol. The minimum atomic E-state index is 0.0268. The standard InChI is InChI=1S/C18H24N2O2/c1-13(2)17(21)19-8-10-20(11-9-19)18(22)16-7-6-14-4-3-5-15(14)12-16/h6-7,12-13H,3-5,8-11H2,1-2H3. The lowest BCUT2D eigenvalue weighted by molar-refractivity contribution is -0.135. The van der Waals surface area contributed by atoms with Gasteiger partial charge in [0, 0.05) is 37.7 Å². The molecule has 1 aliphatic carbocycles. The summed E-state index contributed by atoms with van der Waals surface area (Å²) in [4.78, 5) is 28.4. The van der Waals surface area contributed by atoms with E-state index in [0.717, 1.165) is 18.4 Å². The highest BCUT2D eigenvalue weighted by molar-refractivity contribution is 5.94. The molecular formula is C18H24N2O2. The predicted molar refractivity (Wildman–Crippen MR) is 85.8 cm³/mol. The molecule has 0 atom stereocenters. The fraction of sp³-hybridized carbons (Fsp3) is 0.556. The summed E-state index contributed by atoms with van der Waals surface area (Å²) >= 11 is 0. The van der Waals surface area contributed by atoms with E-state index in [9.17, 15) is 9.59 Å². The number of carbonyl (C=O) groups excluding carboxylic acids is 2. The van der Waals surface area contributed by atoms with E-state index in [1.165, 1.54) is 17.5 Å². The summed E-state index contributed by atoms with van der Waals surface area (Å²) in [7, 11) is 0. The summed E-state index contributed by atoms with van der Waals surface area (Å²) in [6.45, 7) is 6.40. The maximum Gasteiger partial charge on any atom is 0.253 e. The number of rotatable bonds is 2. The number of amides is 2. The number of aryl methyl sites for hydroxylation is 2. The van der Waals surface area contributed by atoms with Gasteiger partial charge in [0.05, 0.1) is 0 Å². The molecule has 2 aliphatic rings. The van der Waals surface area contributed by atoms with Gasteiger partial charge in [-0.1, -0.05) is 19.9 Å². The molecule has 3 rings (SSSR count). The van der Waals surface area contributed by atoms with Gasteiger partial charge in [0.25, 0.3) is 5.91 Å². The van der Waals surface area contributed by atoms with Gasteiger partial charge in [-0.3, -0.25) is 9.59 Å². The Morgan fingerprint density at radius 3 is 2.27 bits per heavy atom. The van der Waals surface area contributed by atoms with Crippen molar-refractivity contribution in [3.05, 3.63) is 34.9 Å². The number of fused-ring (bicyclic) bond motifs is 1. The smallest absolute Gasteiger partial charge is 0.253 e. The second-order valence-electron chi connectivity index (χ2n) is 6.61. The number of piperazine rings is 1. The molecule has 0 bridgehead atoms. The van der Waals surface area contributed by atoms with E-state index >= 15 is 0 Å². The number of benzene rings is 1. The molecule has 0 aromatic heterocycles. The van der Waals surface area contributed by atoms with E-state index in [2.05, 4.69) is 12.1 Å². The summed E-state index contributed by atoms with van der Waals surface area (Å²) in [5.41, 5.74) is 3.52. The average Bonchev–Trinajstić information content (AvgIpc) is 3.01. The van der Waals surface area contributed by atoms with E-state index in [4.69, 9.17) is 0 Å². The maximum atomic E-state index is 12.6. The first-order valence-corrected chi connectivity index (χ1v) is 8.26. The molecule has 4 nitrogen and oxygen atoms in total. The van der Waals surface area contributed by atoms with Gasteiger partial charge in [-0.05, 0) is 42.5 Å². The third-order valence-electron chi connectivity index (χ3n) is 4.72. The van der Waals surface area contributed by atoms with Gasteiger partial charge in [0.15, 0.2) is 0 Å². The average molecular weight is 300 g/mol. The number of hydrogen-bond donors (Lipinski definition) is 0. The van der Waals surface area contributed by atoms with Crippen molar-refractivity contribution in [1.29, 1.82) is 0 Å². The molecule has 4 heteroatoms. The van der Waals surface area contributed by atoms with Crippen molar-refractivity contribution in [2.24, 2.45) is 5.92 Å². The zero-order chi connectivity index (χ0) is 15.7. The van der Waals surface area contributed by atoms with Crippen LogP contribution in [0.2, 0.25) is 0 Å². The lowest BCUT2D eigenvalue weighted by Crippen LogP contribution is -2.51. The Hall–Kier alpha value is -1.84. The van der Waals surface area contributed by atoms with E-state index in [-0.39, 0.29) is 17.7 Å².